The lowest BCUT2D eigenvalue weighted by atomic mass is 10.1. The Kier molecular flexibility index (Phi) is 4.26. The summed E-state index contributed by atoms with van der Waals surface area (Å²) < 4.78 is 0. The van der Waals surface area contributed by atoms with Gasteiger partial charge in [-0.15, -0.1) is 0 Å². The Morgan fingerprint density at radius 3 is 2.57 bits per heavy atom. The molecule has 1 aromatic carbocycles. The number of hydrogen-bond donors (Lipinski definition) is 2. The molecule has 1 fully saturated rings. The van der Waals surface area contributed by atoms with Gasteiger partial charge < -0.3 is 15.5 Å². The Morgan fingerprint density at radius 1 is 1.26 bits per heavy atom. The summed E-state index contributed by atoms with van der Waals surface area (Å²) in [5.74, 6) is 0.856. The predicted octanol–water partition coefficient (Wildman–Crippen LogP) is 0.556. The smallest absolute Gasteiger partial charge is 0.236 e. The Labute approximate surface area is 134 Å². The van der Waals surface area contributed by atoms with Crippen molar-refractivity contribution in [2.75, 3.05) is 37.6 Å². The molecule has 0 unspecified atom stereocenters. The van der Waals surface area contributed by atoms with Crippen LogP contribution in [0.5, 0.6) is 0 Å². The lowest BCUT2D eigenvalue weighted by Gasteiger charge is -2.34. The van der Waals surface area contributed by atoms with Gasteiger partial charge in [-0.2, -0.15) is 10.4 Å². The van der Waals surface area contributed by atoms with Crippen LogP contribution < -0.4 is 10.6 Å². The molecule has 0 saturated carbocycles. The van der Waals surface area contributed by atoms with Crippen LogP contribution in [0.15, 0.2) is 30.3 Å². The van der Waals surface area contributed by atoms with E-state index in [4.69, 9.17) is 11.0 Å². The first-order valence-electron chi connectivity index (χ1n) is 7.50. The van der Waals surface area contributed by atoms with E-state index in [1.807, 2.05) is 18.2 Å². The maximum Gasteiger partial charge on any atom is 0.236 e. The molecule has 0 spiro atoms. The number of nitrogens with one attached hydrogen (secondary N) is 1. The van der Waals surface area contributed by atoms with Crippen molar-refractivity contribution in [3.8, 4) is 17.3 Å². The molecule has 0 radical (unpaired) electrons. The Hall–Kier alpha value is -2.85. The first kappa shape index (κ1) is 15.1. The molecule has 1 aliphatic rings. The van der Waals surface area contributed by atoms with E-state index in [0.717, 1.165) is 30.2 Å². The molecule has 1 aliphatic heterocycles. The second-order valence-corrected chi connectivity index (χ2v) is 5.40. The van der Waals surface area contributed by atoms with Crippen molar-refractivity contribution >= 4 is 11.7 Å². The average Bonchev–Trinajstić information content (AvgIpc) is 3.11. The fraction of sp³-hybridized carbons (Fsp3) is 0.312. The molecule has 7 heteroatoms. The maximum atomic E-state index is 11.6. The third-order valence-corrected chi connectivity index (χ3v) is 4.02. The summed E-state index contributed by atoms with van der Waals surface area (Å²) in [5, 5.41) is 16.2. The van der Waals surface area contributed by atoms with Crippen molar-refractivity contribution in [3.05, 3.63) is 35.9 Å². The van der Waals surface area contributed by atoms with Gasteiger partial charge in [0.1, 0.15) is 0 Å². The number of nitrogens with two attached hydrogens (primary N) is 1. The summed E-state index contributed by atoms with van der Waals surface area (Å²) in [5.41, 5.74) is 7.92. The number of H-pyrrole nitrogens is 1. The molecule has 2 aromatic rings. The van der Waals surface area contributed by atoms with E-state index >= 15 is 0 Å². The van der Waals surface area contributed by atoms with E-state index in [1.54, 1.807) is 17.0 Å². The zero-order valence-corrected chi connectivity index (χ0v) is 12.7. The van der Waals surface area contributed by atoms with Gasteiger partial charge in [0.25, 0.3) is 0 Å². The van der Waals surface area contributed by atoms with Crippen LogP contribution in [-0.4, -0.2) is 53.7 Å². The normalized spacial score (nSPS) is 14.6. The van der Waals surface area contributed by atoms with Gasteiger partial charge in [-0.3, -0.25) is 9.89 Å². The summed E-state index contributed by atoms with van der Waals surface area (Å²) in [6.45, 7) is 2.86. The van der Waals surface area contributed by atoms with Crippen molar-refractivity contribution in [1.29, 1.82) is 5.26 Å². The van der Waals surface area contributed by atoms with Crippen LogP contribution in [0.3, 0.4) is 0 Å². The van der Waals surface area contributed by atoms with Crippen molar-refractivity contribution in [2.45, 2.75) is 0 Å². The van der Waals surface area contributed by atoms with Crippen molar-refractivity contribution in [1.82, 2.24) is 15.1 Å². The highest BCUT2D eigenvalue weighted by Crippen LogP contribution is 2.23. The summed E-state index contributed by atoms with van der Waals surface area (Å²) >= 11 is 0. The fourth-order valence-corrected chi connectivity index (χ4v) is 2.66. The van der Waals surface area contributed by atoms with Crippen LogP contribution in [0.1, 0.15) is 5.56 Å². The monoisotopic (exact) mass is 310 g/mol. The number of nitrogens with zero attached hydrogens (tertiary/aromatic N) is 4. The number of carbonyl (C=O) groups excluding carboxylic acids is 1. The quantitative estimate of drug-likeness (QED) is 0.862. The molecule has 3 rings (SSSR count). The molecule has 0 aliphatic carbocycles. The predicted molar refractivity (Wildman–Crippen MR) is 86.6 cm³/mol. The Bertz CT molecular complexity index is 722. The SMILES string of the molecule is N#Cc1ccc(-c2cc(N3CCN(C(=O)CN)CC3)n[nH]2)cc1. The van der Waals surface area contributed by atoms with Gasteiger partial charge in [0.2, 0.25) is 5.91 Å². The number of benzene rings is 1. The molecule has 2 heterocycles. The van der Waals surface area contributed by atoms with E-state index in [2.05, 4.69) is 21.2 Å². The van der Waals surface area contributed by atoms with E-state index in [-0.39, 0.29) is 12.5 Å². The van der Waals surface area contributed by atoms with Crippen LogP contribution in [0.25, 0.3) is 11.3 Å². The Balaban J connectivity index is 1.68. The molecule has 1 aromatic heterocycles. The number of carbonyl (C=O) groups is 1. The summed E-state index contributed by atoms with van der Waals surface area (Å²) in [6.07, 6.45) is 0. The highest BCUT2D eigenvalue weighted by atomic mass is 16.2. The summed E-state index contributed by atoms with van der Waals surface area (Å²) in [7, 11) is 0. The zero-order chi connectivity index (χ0) is 16.2. The van der Waals surface area contributed by atoms with Gasteiger partial charge in [-0.1, -0.05) is 12.1 Å². The number of amides is 1. The number of nitriles is 1. The first-order valence-corrected chi connectivity index (χ1v) is 7.50. The minimum atomic E-state index is -0.00931. The van der Waals surface area contributed by atoms with Crippen LogP contribution in [-0.2, 0) is 4.79 Å². The molecule has 0 bridgehead atoms. The summed E-state index contributed by atoms with van der Waals surface area (Å²) in [4.78, 5) is 15.5. The fourth-order valence-electron chi connectivity index (χ4n) is 2.66. The third kappa shape index (κ3) is 3.17. The molecule has 1 amide bonds. The van der Waals surface area contributed by atoms with Gasteiger partial charge in [0, 0.05) is 32.2 Å². The van der Waals surface area contributed by atoms with Gasteiger partial charge in [0.05, 0.1) is 23.9 Å². The van der Waals surface area contributed by atoms with Gasteiger partial charge in [0.15, 0.2) is 5.82 Å². The van der Waals surface area contributed by atoms with Crippen molar-refractivity contribution in [3.63, 3.8) is 0 Å². The van der Waals surface area contributed by atoms with Crippen molar-refractivity contribution < 1.29 is 4.79 Å². The lowest BCUT2D eigenvalue weighted by Crippen LogP contribution is -2.50. The number of aromatic nitrogens is 2. The van der Waals surface area contributed by atoms with Crippen LogP contribution >= 0.6 is 0 Å². The van der Waals surface area contributed by atoms with Crippen molar-refractivity contribution in [2.24, 2.45) is 5.73 Å². The molecule has 118 valence electrons. The van der Waals surface area contributed by atoms with E-state index in [0.29, 0.717) is 18.7 Å². The van der Waals surface area contributed by atoms with E-state index in [1.165, 1.54) is 0 Å². The first-order chi connectivity index (χ1) is 11.2. The molecular formula is C16H18N6O. The van der Waals surface area contributed by atoms with Gasteiger partial charge in [-0.25, -0.2) is 0 Å². The Morgan fingerprint density at radius 2 is 1.96 bits per heavy atom. The number of anilines is 1. The molecule has 7 nitrogen and oxygen atoms in total. The minimum Gasteiger partial charge on any atom is -0.352 e. The number of hydrogen-bond acceptors (Lipinski definition) is 5. The topological polar surface area (TPSA) is 102 Å². The number of piperazine rings is 1. The molecule has 3 N–H and O–H groups in total. The minimum absolute atomic E-state index is 0.00931. The highest BCUT2D eigenvalue weighted by molar-refractivity contribution is 5.78. The highest BCUT2D eigenvalue weighted by Gasteiger charge is 2.21. The molecular weight excluding hydrogens is 292 g/mol. The maximum absolute atomic E-state index is 11.6. The summed E-state index contributed by atoms with van der Waals surface area (Å²) in [6, 6.07) is 11.5. The zero-order valence-electron chi connectivity index (χ0n) is 12.7. The van der Waals surface area contributed by atoms with Crippen LogP contribution in [0.2, 0.25) is 0 Å². The van der Waals surface area contributed by atoms with Crippen LogP contribution in [0.4, 0.5) is 5.82 Å². The third-order valence-electron chi connectivity index (χ3n) is 4.02. The standard InChI is InChI=1S/C16H18N6O/c17-10-12-1-3-13(4-2-12)14-9-15(20-19-14)21-5-7-22(8-6-21)16(23)11-18/h1-4,9H,5-8,11,18H2,(H,19,20). The molecule has 23 heavy (non-hydrogen) atoms. The number of aromatic amines is 1. The second-order valence-electron chi connectivity index (χ2n) is 5.40. The largest absolute Gasteiger partial charge is 0.352 e. The number of rotatable bonds is 3. The second kappa shape index (κ2) is 6.50. The molecule has 0 atom stereocenters. The van der Waals surface area contributed by atoms with E-state index in [9.17, 15) is 4.79 Å². The van der Waals surface area contributed by atoms with E-state index < -0.39 is 0 Å². The van der Waals surface area contributed by atoms with Gasteiger partial charge in [-0.05, 0) is 17.7 Å². The van der Waals surface area contributed by atoms with Crippen LogP contribution in [0, 0.1) is 11.3 Å². The molecule has 1 saturated heterocycles. The average molecular weight is 310 g/mol. The van der Waals surface area contributed by atoms with Gasteiger partial charge >= 0.3 is 0 Å². The lowest BCUT2D eigenvalue weighted by molar-refractivity contribution is -0.129.